The van der Waals surface area contributed by atoms with Crippen molar-refractivity contribution in [2.75, 3.05) is 13.1 Å². The van der Waals surface area contributed by atoms with Crippen molar-refractivity contribution in [1.29, 1.82) is 0 Å². The van der Waals surface area contributed by atoms with E-state index < -0.39 is 5.91 Å². The molecule has 1 aliphatic rings. The molecule has 6 nitrogen and oxygen atoms in total. The van der Waals surface area contributed by atoms with Gasteiger partial charge in [0.1, 0.15) is 0 Å². The van der Waals surface area contributed by atoms with Crippen molar-refractivity contribution in [3.05, 3.63) is 71.7 Å². The summed E-state index contributed by atoms with van der Waals surface area (Å²) in [5.41, 5.74) is 8.15. The minimum absolute atomic E-state index is 0.0218. The van der Waals surface area contributed by atoms with Gasteiger partial charge in [0.05, 0.1) is 22.3 Å². The number of carbonyl (C=O) groups is 2. The molecule has 0 saturated carbocycles. The summed E-state index contributed by atoms with van der Waals surface area (Å²) in [6, 6.07) is 13.0. The van der Waals surface area contributed by atoms with Gasteiger partial charge in [-0.3, -0.25) is 19.6 Å². The van der Waals surface area contributed by atoms with Crippen LogP contribution >= 0.6 is 0 Å². The Bertz CT molecular complexity index is 1000. The Balaban J connectivity index is 1.67. The Labute approximate surface area is 157 Å². The van der Waals surface area contributed by atoms with E-state index in [1.165, 1.54) is 0 Å². The summed E-state index contributed by atoms with van der Waals surface area (Å²) in [5.74, 6) is -0.556. The van der Waals surface area contributed by atoms with E-state index in [2.05, 4.69) is 4.98 Å². The Kier molecular flexibility index (Phi) is 4.54. The molecule has 2 amide bonds. The molecule has 136 valence electrons. The number of carbonyl (C=O) groups excluding carboxylic acids is 2. The first kappa shape index (κ1) is 17.1. The predicted molar refractivity (Wildman–Crippen MR) is 102 cm³/mol. The number of para-hydroxylation sites is 1. The molecule has 6 heteroatoms. The van der Waals surface area contributed by atoms with Crippen LogP contribution in [0.15, 0.2) is 54.9 Å². The standard InChI is InChI=1S/C21H20N4O2/c22-20(26)17-11-14-5-1-2-8-18(14)24-19(17)16-7-4-10-25(13-16)21(27)15-6-3-9-23-12-15/h1-3,5-6,8-9,11-12,16H,4,7,10,13H2,(H2,22,26)/t16-/m0/s1. The molecular weight excluding hydrogens is 340 g/mol. The molecule has 1 aromatic carbocycles. The first-order valence-corrected chi connectivity index (χ1v) is 9.02. The molecule has 0 radical (unpaired) electrons. The maximum Gasteiger partial charge on any atom is 0.255 e. The molecule has 3 aromatic rings. The fourth-order valence-electron chi connectivity index (χ4n) is 3.70. The van der Waals surface area contributed by atoms with E-state index in [0.29, 0.717) is 29.9 Å². The highest BCUT2D eigenvalue weighted by Gasteiger charge is 2.29. The van der Waals surface area contributed by atoms with Gasteiger partial charge in [-0.25, -0.2) is 0 Å². The second-order valence-electron chi connectivity index (χ2n) is 6.81. The number of primary amides is 1. The number of hydrogen-bond acceptors (Lipinski definition) is 4. The van der Waals surface area contributed by atoms with Crippen molar-refractivity contribution in [2.45, 2.75) is 18.8 Å². The highest BCUT2D eigenvalue weighted by atomic mass is 16.2. The van der Waals surface area contributed by atoms with Crippen LogP contribution in [0.25, 0.3) is 10.9 Å². The first-order valence-electron chi connectivity index (χ1n) is 9.02. The molecular formula is C21H20N4O2. The monoisotopic (exact) mass is 360 g/mol. The SMILES string of the molecule is NC(=O)c1cc2ccccc2nc1[C@H]1CCCN(C(=O)c2cccnc2)C1. The van der Waals surface area contributed by atoms with Crippen LogP contribution in [0.3, 0.4) is 0 Å². The maximum absolute atomic E-state index is 12.8. The summed E-state index contributed by atoms with van der Waals surface area (Å²) in [5, 5.41) is 0.883. The van der Waals surface area contributed by atoms with Crippen molar-refractivity contribution in [1.82, 2.24) is 14.9 Å². The number of aromatic nitrogens is 2. The Morgan fingerprint density at radius 3 is 2.78 bits per heavy atom. The Hall–Kier alpha value is -3.28. The topological polar surface area (TPSA) is 89.2 Å². The fraction of sp³-hybridized carbons (Fsp3) is 0.238. The van der Waals surface area contributed by atoms with Crippen molar-refractivity contribution in [3.63, 3.8) is 0 Å². The van der Waals surface area contributed by atoms with E-state index in [0.717, 1.165) is 23.7 Å². The molecule has 1 aliphatic heterocycles. The number of hydrogen-bond donors (Lipinski definition) is 1. The van der Waals surface area contributed by atoms with Crippen molar-refractivity contribution < 1.29 is 9.59 Å². The van der Waals surface area contributed by atoms with Gasteiger partial charge in [-0.15, -0.1) is 0 Å². The van der Waals surface area contributed by atoms with Crippen LogP contribution in [0.1, 0.15) is 45.2 Å². The van der Waals surface area contributed by atoms with Gasteiger partial charge >= 0.3 is 0 Å². The van der Waals surface area contributed by atoms with Crippen LogP contribution in [-0.2, 0) is 0 Å². The fourth-order valence-corrected chi connectivity index (χ4v) is 3.70. The molecule has 3 heterocycles. The smallest absolute Gasteiger partial charge is 0.255 e. The highest BCUT2D eigenvalue weighted by molar-refractivity contribution is 5.98. The zero-order chi connectivity index (χ0) is 18.8. The average molecular weight is 360 g/mol. The third-order valence-corrected chi connectivity index (χ3v) is 5.02. The van der Waals surface area contributed by atoms with Crippen molar-refractivity contribution in [2.24, 2.45) is 5.73 Å². The molecule has 0 unspecified atom stereocenters. The first-order chi connectivity index (χ1) is 13.1. The summed E-state index contributed by atoms with van der Waals surface area (Å²) in [7, 11) is 0. The van der Waals surface area contributed by atoms with Crippen LogP contribution in [-0.4, -0.2) is 39.8 Å². The third-order valence-electron chi connectivity index (χ3n) is 5.02. The van der Waals surface area contributed by atoms with E-state index >= 15 is 0 Å². The van der Waals surface area contributed by atoms with Gasteiger partial charge in [0.25, 0.3) is 11.8 Å². The van der Waals surface area contributed by atoms with Gasteiger partial charge in [0.15, 0.2) is 0 Å². The van der Waals surface area contributed by atoms with E-state index in [9.17, 15) is 9.59 Å². The summed E-state index contributed by atoms with van der Waals surface area (Å²) < 4.78 is 0. The van der Waals surface area contributed by atoms with Gasteiger partial charge in [-0.2, -0.15) is 0 Å². The highest BCUT2D eigenvalue weighted by Crippen LogP contribution is 2.30. The maximum atomic E-state index is 12.8. The lowest BCUT2D eigenvalue weighted by atomic mass is 9.90. The number of likely N-dealkylation sites (tertiary alicyclic amines) is 1. The van der Waals surface area contributed by atoms with Gasteiger partial charge in [-0.1, -0.05) is 18.2 Å². The molecule has 1 fully saturated rings. The number of pyridine rings is 2. The van der Waals surface area contributed by atoms with Gasteiger partial charge < -0.3 is 10.6 Å². The molecule has 1 atom stereocenters. The summed E-state index contributed by atoms with van der Waals surface area (Å²) >= 11 is 0. The zero-order valence-corrected chi connectivity index (χ0v) is 14.8. The Morgan fingerprint density at radius 2 is 2.00 bits per heavy atom. The normalized spacial score (nSPS) is 17.0. The van der Waals surface area contributed by atoms with Crippen molar-refractivity contribution >= 4 is 22.7 Å². The minimum Gasteiger partial charge on any atom is -0.366 e. The molecule has 0 spiro atoms. The molecule has 27 heavy (non-hydrogen) atoms. The predicted octanol–water partition coefficient (Wildman–Crippen LogP) is 2.75. The molecule has 0 aliphatic carbocycles. The van der Waals surface area contributed by atoms with E-state index in [1.807, 2.05) is 35.2 Å². The number of nitrogens with two attached hydrogens (primary N) is 1. The average Bonchev–Trinajstić information content (AvgIpc) is 2.73. The summed E-state index contributed by atoms with van der Waals surface area (Å²) in [6.07, 6.45) is 4.94. The van der Waals surface area contributed by atoms with E-state index in [1.54, 1.807) is 24.5 Å². The lowest BCUT2D eigenvalue weighted by Gasteiger charge is -2.33. The number of fused-ring (bicyclic) bond motifs is 1. The lowest BCUT2D eigenvalue weighted by molar-refractivity contribution is 0.0705. The van der Waals surface area contributed by atoms with Crippen molar-refractivity contribution in [3.8, 4) is 0 Å². The van der Waals surface area contributed by atoms with Crippen LogP contribution in [0.2, 0.25) is 0 Å². The Morgan fingerprint density at radius 1 is 1.15 bits per heavy atom. The largest absolute Gasteiger partial charge is 0.366 e. The number of benzene rings is 1. The van der Waals surface area contributed by atoms with Crippen LogP contribution in [0.4, 0.5) is 0 Å². The lowest BCUT2D eigenvalue weighted by Crippen LogP contribution is -2.39. The van der Waals surface area contributed by atoms with Crippen LogP contribution in [0.5, 0.6) is 0 Å². The van der Waals surface area contributed by atoms with Gasteiger partial charge in [0.2, 0.25) is 0 Å². The number of rotatable bonds is 3. The molecule has 2 aromatic heterocycles. The molecule has 1 saturated heterocycles. The molecule has 2 N–H and O–H groups in total. The summed E-state index contributed by atoms with van der Waals surface area (Å²) in [6.45, 7) is 1.20. The second-order valence-corrected chi connectivity index (χ2v) is 6.81. The van der Waals surface area contributed by atoms with Gasteiger partial charge in [-0.05, 0) is 37.1 Å². The van der Waals surface area contributed by atoms with Crippen LogP contribution < -0.4 is 5.73 Å². The number of piperidine rings is 1. The van der Waals surface area contributed by atoms with Gasteiger partial charge in [0, 0.05) is 36.8 Å². The number of amides is 2. The van der Waals surface area contributed by atoms with Crippen LogP contribution in [0, 0.1) is 0 Å². The quantitative estimate of drug-likeness (QED) is 0.778. The second kappa shape index (κ2) is 7.15. The molecule has 0 bridgehead atoms. The zero-order valence-electron chi connectivity index (χ0n) is 14.8. The number of nitrogens with zero attached hydrogens (tertiary/aromatic N) is 3. The van der Waals surface area contributed by atoms with E-state index in [4.69, 9.17) is 10.7 Å². The third kappa shape index (κ3) is 3.38. The van der Waals surface area contributed by atoms with E-state index in [-0.39, 0.29) is 11.8 Å². The summed E-state index contributed by atoms with van der Waals surface area (Å²) in [4.78, 5) is 35.4. The minimum atomic E-state index is -0.487. The molecule has 4 rings (SSSR count).